The summed E-state index contributed by atoms with van der Waals surface area (Å²) in [6.07, 6.45) is 4.18. The van der Waals surface area contributed by atoms with Crippen molar-refractivity contribution in [2.75, 3.05) is 6.61 Å². The maximum atomic E-state index is 12.7. The molecule has 0 bridgehead atoms. The van der Waals surface area contributed by atoms with Gasteiger partial charge in [0.2, 0.25) is 5.88 Å². The number of nitrogens with zero attached hydrogens (tertiary/aromatic N) is 3. The first-order valence-electron chi connectivity index (χ1n) is 9.83. The van der Waals surface area contributed by atoms with Crippen LogP contribution in [-0.2, 0) is 13.1 Å². The second kappa shape index (κ2) is 9.06. The van der Waals surface area contributed by atoms with Gasteiger partial charge in [0.15, 0.2) is 0 Å². The highest BCUT2D eigenvalue weighted by Crippen LogP contribution is 2.29. The third-order valence-corrected chi connectivity index (χ3v) is 5.74. The van der Waals surface area contributed by atoms with E-state index in [2.05, 4.69) is 15.4 Å². The summed E-state index contributed by atoms with van der Waals surface area (Å²) >= 11 is 12.7. The van der Waals surface area contributed by atoms with Gasteiger partial charge < -0.3 is 10.1 Å². The first-order valence-corrected chi connectivity index (χ1v) is 10.6. The van der Waals surface area contributed by atoms with Crippen molar-refractivity contribution < 1.29 is 9.53 Å². The fourth-order valence-corrected chi connectivity index (χ4v) is 3.58. The number of ether oxygens (including phenoxy) is 1. The van der Waals surface area contributed by atoms with Gasteiger partial charge in [-0.1, -0.05) is 47.5 Å². The molecular weight excluding hydrogens is 423 g/mol. The Labute approximate surface area is 185 Å². The summed E-state index contributed by atoms with van der Waals surface area (Å²) in [6, 6.07) is 11.2. The topological polar surface area (TPSA) is 69.0 Å². The lowest BCUT2D eigenvalue weighted by Gasteiger charge is -2.08. The van der Waals surface area contributed by atoms with Gasteiger partial charge in [-0.3, -0.25) is 4.79 Å². The monoisotopic (exact) mass is 444 g/mol. The predicted octanol–water partition coefficient (Wildman–Crippen LogP) is 4.66. The van der Waals surface area contributed by atoms with E-state index in [4.69, 9.17) is 27.9 Å². The normalized spacial score (nSPS) is 13.3. The number of rotatable bonds is 8. The summed E-state index contributed by atoms with van der Waals surface area (Å²) in [6.45, 7) is 3.20. The Morgan fingerprint density at radius 1 is 1.23 bits per heavy atom. The zero-order valence-corrected chi connectivity index (χ0v) is 18.1. The molecule has 3 aromatic rings. The smallest absolute Gasteiger partial charge is 0.256 e. The van der Waals surface area contributed by atoms with Crippen molar-refractivity contribution in [1.29, 1.82) is 0 Å². The molecule has 0 unspecified atom stereocenters. The second-order valence-electron chi connectivity index (χ2n) is 7.44. The number of benzene rings is 1. The molecule has 2 heterocycles. The molecule has 1 aliphatic rings. The van der Waals surface area contributed by atoms with Gasteiger partial charge in [-0.05, 0) is 42.9 Å². The van der Waals surface area contributed by atoms with E-state index in [1.807, 2.05) is 36.4 Å². The van der Waals surface area contributed by atoms with Gasteiger partial charge in [-0.25, -0.2) is 9.67 Å². The molecule has 1 saturated carbocycles. The minimum absolute atomic E-state index is 0.281. The molecule has 1 N–H and O–H groups in total. The summed E-state index contributed by atoms with van der Waals surface area (Å²) in [4.78, 5) is 17.0. The van der Waals surface area contributed by atoms with Crippen LogP contribution in [0.4, 0.5) is 0 Å². The summed E-state index contributed by atoms with van der Waals surface area (Å²) in [5.74, 6) is 1.01. The van der Waals surface area contributed by atoms with Crippen LogP contribution < -0.4 is 10.1 Å². The molecule has 30 heavy (non-hydrogen) atoms. The lowest BCUT2D eigenvalue weighted by Crippen LogP contribution is -2.23. The van der Waals surface area contributed by atoms with E-state index in [0.717, 1.165) is 17.7 Å². The van der Waals surface area contributed by atoms with Gasteiger partial charge in [0.05, 0.1) is 24.4 Å². The zero-order chi connectivity index (χ0) is 21.1. The fraction of sp³-hybridized carbons (Fsp3) is 0.318. The van der Waals surface area contributed by atoms with Crippen LogP contribution in [0.1, 0.15) is 40.0 Å². The lowest BCUT2D eigenvalue weighted by molar-refractivity contribution is 0.0950. The SMILES string of the molecule is Cc1nn(Cc2ccccc2Cl)c(Cl)c1C(=O)NCc1ccc(OCC2CC2)nc1. The van der Waals surface area contributed by atoms with Gasteiger partial charge in [-0.15, -0.1) is 0 Å². The van der Waals surface area contributed by atoms with Crippen LogP contribution in [0.5, 0.6) is 5.88 Å². The van der Waals surface area contributed by atoms with E-state index < -0.39 is 0 Å². The summed E-state index contributed by atoms with van der Waals surface area (Å²) in [5.41, 5.74) is 2.68. The van der Waals surface area contributed by atoms with Crippen LogP contribution >= 0.6 is 23.2 Å². The number of carbonyl (C=O) groups is 1. The standard InChI is InChI=1S/C22H22Cl2N4O2/c1-14-20(21(24)28(27-14)12-17-4-2-3-5-18(17)23)22(29)26-11-16-8-9-19(25-10-16)30-13-15-6-7-15/h2-5,8-10,15H,6-7,11-13H2,1H3,(H,26,29). The maximum absolute atomic E-state index is 12.7. The number of hydrogen-bond donors (Lipinski definition) is 1. The predicted molar refractivity (Wildman–Crippen MR) is 116 cm³/mol. The molecule has 6 nitrogen and oxygen atoms in total. The van der Waals surface area contributed by atoms with Crippen LogP contribution in [0.25, 0.3) is 0 Å². The van der Waals surface area contributed by atoms with Crippen molar-refractivity contribution in [2.45, 2.75) is 32.9 Å². The largest absolute Gasteiger partial charge is 0.477 e. The number of hydrogen-bond acceptors (Lipinski definition) is 4. The van der Waals surface area contributed by atoms with E-state index in [0.29, 0.717) is 41.2 Å². The Morgan fingerprint density at radius 2 is 2.03 bits per heavy atom. The van der Waals surface area contributed by atoms with Crippen molar-refractivity contribution in [2.24, 2.45) is 5.92 Å². The number of halogens is 2. The Balaban J connectivity index is 1.38. The molecule has 1 fully saturated rings. The van der Waals surface area contributed by atoms with E-state index in [1.54, 1.807) is 17.8 Å². The molecule has 1 aromatic carbocycles. The van der Waals surface area contributed by atoms with Gasteiger partial charge in [-0.2, -0.15) is 5.10 Å². The molecule has 0 atom stereocenters. The van der Waals surface area contributed by atoms with E-state index in [-0.39, 0.29) is 11.1 Å². The fourth-order valence-electron chi connectivity index (χ4n) is 3.06. The average molecular weight is 445 g/mol. The third kappa shape index (κ3) is 4.94. The van der Waals surface area contributed by atoms with Gasteiger partial charge >= 0.3 is 0 Å². The van der Waals surface area contributed by atoms with Crippen LogP contribution in [-0.4, -0.2) is 27.3 Å². The molecule has 0 aliphatic heterocycles. The Hall–Kier alpha value is -2.57. The minimum atomic E-state index is -0.281. The number of pyridine rings is 1. The van der Waals surface area contributed by atoms with Crippen molar-refractivity contribution >= 4 is 29.1 Å². The molecule has 1 aliphatic carbocycles. The van der Waals surface area contributed by atoms with Crippen LogP contribution in [0.15, 0.2) is 42.6 Å². The van der Waals surface area contributed by atoms with Crippen molar-refractivity contribution in [1.82, 2.24) is 20.1 Å². The molecule has 0 saturated heterocycles. The van der Waals surface area contributed by atoms with Crippen molar-refractivity contribution in [3.63, 3.8) is 0 Å². The highest BCUT2D eigenvalue weighted by atomic mass is 35.5. The summed E-state index contributed by atoms with van der Waals surface area (Å²) in [5, 5.41) is 8.21. The molecule has 2 aromatic heterocycles. The maximum Gasteiger partial charge on any atom is 0.256 e. The number of amides is 1. The zero-order valence-electron chi connectivity index (χ0n) is 16.6. The lowest BCUT2D eigenvalue weighted by atomic mass is 10.2. The van der Waals surface area contributed by atoms with Crippen LogP contribution in [0, 0.1) is 12.8 Å². The highest BCUT2D eigenvalue weighted by Gasteiger charge is 2.22. The first kappa shape index (κ1) is 20.7. The number of nitrogens with one attached hydrogen (secondary N) is 1. The van der Waals surface area contributed by atoms with Gasteiger partial charge in [0.1, 0.15) is 5.15 Å². The number of carbonyl (C=O) groups excluding carboxylic acids is 1. The van der Waals surface area contributed by atoms with E-state index in [1.165, 1.54) is 12.8 Å². The number of aromatic nitrogens is 3. The molecule has 4 rings (SSSR count). The molecule has 8 heteroatoms. The van der Waals surface area contributed by atoms with Crippen molar-refractivity contribution in [3.05, 3.63) is 75.2 Å². The van der Waals surface area contributed by atoms with Crippen LogP contribution in [0.2, 0.25) is 10.2 Å². The first-order chi connectivity index (χ1) is 14.5. The minimum Gasteiger partial charge on any atom is -0.477 e. The van der Waals surface area contributed by atoms with Crippen molar-refractivity contribution in [3.8, 4) is 5.88 Å². The Morgan fingerprint density at radius 3 is 2.73 bits per heavy atom. The highest BCUT2D eigenvalue weighted by molar-refractivity contribution is 6.33. The summed E-state index contributed by atoms with van der Waals surface area (Å²) < 4.78 is 7.22. The van der Waals surface area contributed by atoms with Gasteiger partial charge in [0, 0.05) is 23.8 Å². The summed E-state index contributed by atoms with van der Waals surface area (Å²) in [7, 11) is 0. The molecule has 0 radical (unpaired) electrons. The molecule has 1 amide bonds. The van der Waals surface area contributed by atoms with Crippen LogP contribution in [0.3, 0.4) is 0 Å². The quantitative estimate of drug-likeness (QED) is 0.548. The van der Waals surface area contributed by atoms with Gasteiger partial charge in [0.25, 0.3) is 5.91 Å². The molecule has 156 valence electrons. The Bertz CT molecular complexity index is 1050. The molecular formula is C22H22Cl2N4O2. The molecule has 0 spiro atoms. The second-order valence-corrected chi connectivity index (χ2v) is 8.21. The number of aryl methyl sites for hydroxylation is 1. The van der Waals surface area contributed by atoms with E-state index >= 15 is 0 Å². The average Bonchev–Trinajstić information content (AvgIpc) is 3.52. The Kier molecular flexibility index (Phi) is 6.25. The van der Waals surface area contributed by atoms with E-state index in [9.17, 15) is 4.79 Å². The third-order valence-electron chi connectivity index (χ3n) is 4.98.